The van der Waals surface area contributed by atoms with Crippen molar-refractivity contribution in [3.05, 3.63) is 35.6 Å². The van der Waals surface area contributed by atoms with Crippen LogP contribution in [0, 0.1) is 11.7 Å². The Labute approximate surface area is 142 Å². The highest BCUT2D eigenvalue weighted by atomic mass is 19.1. The molecule has 5 nitrogen and oxygen atoms in total. The number of rotatable bonds is 6. The maximum atomic E-state index is 13.7. The van der Waals surface area contributed by atoms with Crippen molar-refractivity contribution in [2.45, 2.75) is 26.2 Å². The van der Waals surface area contributed by atoms with Gasteiger partial charge in [0, 0.05) is 32.1 Å². The summed E-state index contributed by atoms with van der Waals surface area (Å²) >= 11 is 0. The van der Waals surface area contributed by atoms with Crippen molar-refractivity contribution in [1.82, 2.24) is 9.80 Å². The minimum Gasteiger partial charge on any atom is -0.369 e. The van der Waals surface area contributed by atoms with Gasteiger partial charge in [-0.05, 0) is 30.9 Å². The van der Waals surface area contributed by atoms with Gasteiger partial charge in [0.1, 0.15) is 5.82 Å². The van der Waals surface area contributed by atoms with Gasteiger partial charge in [-0.2, -0.15) is 0 Å². The number of carbonyl (C=O) groups is 2. The number of halogens is 1. The summed E-state index contributed by atoms with van der Waals surface area (Å²) in [4.78, 5) is 27.5. The molecule has 1 aromatic rings. The van der Waals surface area contributed by atoms with Crippen LogP contribution >= 0.6 is 0 Å². The van der Waals surface area contributed by atoms with Crippen molar-refractivity contribution in [3.63, 3.8) is 0 Å². The molecule has 1 saturated heterocycles. The van der Waals surface area contributed by atoms with Crippen molar-refractivity contribution in [3.8, 4) is 0 Å². The Bertz CT molecular complexity index is 579. The standard InChI is InChI=1S/C18H26FN3O2/c1-14(7-8-15-5-2-3-6-16(15)19)18(24)22-10-4-9-21(11-12-22)13-17(20)23/h2-3,5-6,14H,4,7-13H2,1H3,(H2,20,23). The monoisotopic (exact) mass is 335 g/mol. The minimum absolute atomic E-state index is 0.104. The predicted octanol–water partition coefficient (Wildman–Crippen LogP) is 1.41. The van der Waals surface area contributed by atoms with Crippen LogP contribution in [0.1, 0.15) is 25.3 Å². The van der Waals surface area contributed by atoms with Gasteiger partial charge in [-0.3, -0.25) is 14.5 Å². The lowest BCUT2D eigenvalue weighted by Gasteiger charge is -2.24. The molecule has 0 bridgehead atoms. The molecule has 2 N–H and O–H groups in total. The van der Waals surface area contributed by atoms with E-state index in [0.717, 1.165) is 13.0 Å². The SMILES string of the molecule is CC(CCc1ccccc1F)C(=O)N1CCCN(CC(N)=O)CC1. The fraction of sp³-hybridized carbons (Fsp3) is 0.556. The molecule has 1 aromatic carbocycles. The van der Waals surface area contributed by atoms with E-state index in [4.69, 9.17) is 5.73 Å². The van der Waals surface area contributed by atoms with E-state index in [1.807, 2.05) is 22.8 Å². The molecule has 0 radical (unpaired) electrons. The Kier molecular flexibility index (Phi) is 6.73. The van der Waals surface area contributed by atoms with Gasteiger partial charge in [0.15, 0.2) is 0 Å². The van der Waals surface area contributed by atoms with E-state index in [2.05, 4.69) is 0 Å². The third-order valence-corrected chi connectivity index (χ3v) is 4.51. The third-order valence-electron chi connectivity index (χ3n) is 4.51. The predicted molar refractivity (Wildman–Crippen MR) is 90.7 cm³/mol. The van der Waals surface area contributed by atoms with Crippen LogP contribution in [-0.4, -0.2) is 54.3 Å². The quantitative estimate of drug-likeness (QED) is 0.855. The molecule has 1 aliphatic rings. The average molecular weight is 335 g/mol. The Morgan fingerprint density at radius 2 is 1.96 bits per heavy atom. The highest BCUT2D eigenvalue weighted by Crippen LogP contribution is 2.16. The number of amides is 2. The van der Waals surface area contributed by atoms with E-state index in [1.165, 1.54) is 6.07 Å². The highest BCUT2D eigenvalue weighted by Gasteiger charge is 2.23. The van der Waals surface area contributed by atoms with Crippen LogP contribution in [0.4, 0.5) is 4.39 Å². The van der Waals surface area contributed by atoms with Crippen molar-refractivity contribution >= 4 is 11.8 Å². The first kappa shape index (κ1) is 18.4. The Morgan fingerprint density at radius 1 is 1.21 bits per heavy atom. The summed E-state index contributed by atoms with van der Waals surface area (Å²) in [6, 6.07) is 6.69. The minimum atomic E-state index is -0.340. The highest BCUT2D eigenvalue weighted by molar-refractivity contribution is 5.78. The van der Waals surface area contributed by atoms with Crippen LogP contribution < -0.4 is 5.73 Å². The molecule has 1 unspecified atom stereocenters. The molecule has 0 spiro atoms. The van der Waals surface area contributed by atoms with E-state index in [1.54, 1.807) is 12.1 Å². The molecule has 24 heavy (non-hydrogen) atoms. The molecule has 1 aliphatic heterocycles. The summed E-state index contributed by atoms with van der Waals surface area (Å²) in [6.45, 7) is 4.87. The number of nitrogens with zero attached hydrogens (tertiary/aromatic N) is 2. The normalized spacial score (nSPS) is 17.3. The summed E-state index contributed by atoms with van der Waals surface area (Å²) in [6.07, 6.45) is 2.02. The topological polar surface area (TPSA) is 66.6 Å². The van der Waals surface area contributed by atoms with E-state index >= 15 is 0 Å². The first-order valence-electron chi connectivity index (χ1n) is 8.50. The first-order chi connectivity index (χ1) is 11.5. The molecule has 6 heteroatoms. The molecule has 0 aliphatic carbocycles. The lowest BCUT2D eigenvalue weighted by molar-refractivity contribution is -0.135. The molecule has 1 fully saturated rings. The van der Waals surface area contributed by atoms with Crippen LogP contribution in [-0.2, 0) is 16.0 Å². The van der Waals surface area contributed by atoms with Gasteiger partial charge in [-0.15, -0.1) is 0 Å². The number of benzene rings is 1. The molecule has 132 valence electrons. The zero-order valence-electron chi connectivity index (χ0n) is 14.2. The number of primary amides is 1. The van der Waals surface area contributed by atoms with E-state index in [9.17, 15) is 14.0 Å². The summed E-state index contributed by atoms with van der Waals surface area (Å²) in [7, 11) is 0. The fourth-order valence-electron chi connectivity index (χ4n) is 3.08. The summed E-state index contributed by atoms with van der Waals surface area (Å²) in [5, 5.41) is 0. The zero-order valence-corrected chi connectivity index (χ0v) is 14.2. The van der Waals surface area contributed by atoms with Crippen molar-refractivity contribution in [2.75, 3.05) is 32.7 Å². The second kappa shape index (κ2) is 8.78. The lowest BCUT2D eigenvalue weighted by atomic mass is 9.99. The number of hydrogen-bond donors (Lipinski definition) is 1. The van der Waals surface area contributed by atoms with Gasteiger partial charge < -0.3 is 10.6 Å². The van der Waals surface area contributed by atoms with Gasteiger partial charge in [-0.1, -0.05) is 25.1 Å². The van der Waals surface area contributed by atoms with E-state index in [-0.39, 0.29) is 30.1 Å². The summed E-state index contributed by atoms with van der Waals surface area (Å²) in [5.74, 6) is -0.596. The Balaban J connectivity index is 1.84. The van der Waals surface area contributed by atoms with E-state index in [0.29, 0.717) is 38.0 Å². The van der Waals surface area contributed by atoms with Gasteiger partial charge in [0.25, 0.3) is 0 Å². The van der Waals surface area contributed by atoms with Crippen LogP contribution in [0.15, 0.2) is 24.3 Å². The summed E-state index contributed by atoms with van der Waals surface area (Å²) in [5.41, 5.74) is 5.89. The van der Waals surface area contributed by atoms with Crippen LogP contribution in [0.25, 0.3) is 0 Å². The van der Waals surface area contributed by atoms with Crippen LogP contribution in [0.5, 0.6) is 0 Å². The molecular formula is C18H26FN3O2. The maximum absolute atomic E-state index is 13.7. The largest absolute Gasteiger partial charge is 0.369 e. The van der Waals surface area contributed by atoms with Gasteiger partial charge in [-0.25, -0.2) is 4.39 Å². The lowest BCUT2D eigenvalue weighted by Crippen LogP contribution is -2.40. The van der Waals surface area contributed by atoms with Crippen molar-refractivity contribution < 1.29 is 14.0 Å². The fourth-order valence-corrected chi connectivity index (χ4v) is 3.08. The summed E-state index contributed by atoms with van der Waals surface area (Å²) < 4.78 is 13.7. The molecule has 2 rings (SSSR count). The van der Waals surface area contributed by atoms with Gasteiger partial charge in [0.05, 0.1) is 6.54 Å². The number of hydrogen-bond acceptors (Lipinski definition) is 3. The van der Waals surface area contributed by atoms with E-state index < -0.39 is 0 Å². The van der Waals surface area contributed by atoms with Gasteiger partial charge in [0.2, 0.25) is 11.8 Å². The van der Waals surface area contributed by atoms with Crippen molar-refractivity contribution in [1.29, 1.82) is 0 Å². The molecule has 1 heterocycles. The van der Waals surface area contributed by atoms with Gasteiger partial charge >= 0.3 is 0 Å². The zero-order chi connectivity index (χ0) is 17.5. The smallest absolute Gasteiger partial charge is 0.231 e. The van der Waals surface area contributed by atoms with Crippen LogP contribution in [0.3, 0.4) is 0 Å². The van der Waals surface area contributed by atoms with Crippen molar-refractivity contribution in [2.24, 2.45) is 11.7 Å². The molecule has 0 saturated carbocycles. The number of nitrogens with two attached hydrogens (primary N) is 1. The first-order valence-corrected chi connectivity index (χ1v) is 8.50. The van der Waals surface area contributed by atoms with Crippen LogP contribution in [0.2, 0.25) is 0 Å². The molecular weight excluding hydrogens is 309 g/mol. The second-order valence-corrected chi connectivity index (χ2v) is 6.45. The second-order valence-electron chi connectivity index (χ2n) is 6.45. The average Bonchev–Trinajstić information content (AvgIpc) is 2.78. The third kappa shape index (κ3) is 5.30. The molecule has 1 atom stereocenters. The number of aryl methyl sites for hydroxylation is 1. The molecule has 2 amide bonds. The number of carbonyl (C=O) groups excluding carboxylic acids is 2. The molecule has 0 aromatic heterocycles. The Morgan fingerprint density at radius 3 is 2.67 bits per heavy atom. The maximum Gasteiger partial charge on any atom is 0.231 e. The Hall–Kier alpha value is -1.95.